The highest BCUT2D eigenvalue weighted by molar-refractivity contribution is 6.35. The Hall–Kier alpha value is -1.23. The van der Waals surface area contributed by atoms with Crippen molar-refractivity contribution in [3.05, 3.63) is 45.3 Å². The summed E-state index contributed by atoms with van der Waals surface area (Å²) in [5.41, 5.74) is 1.48. The van der Waals surface area contributed by atoms with E-state index in [1.54, 1.807) is 6.07 Å². The second-order valence-corrected chi connectivity index (χ2v) is 4.78. The Balaban J connectivity index is 1.98. The van der Waals surface area contributed by atoms with Crippen molar-refractivity contribution in [1.82, 2.24) is 10.5 Å². The van der Waals surface area contributed by atoms with Crippen LogP contribution in [0.1, 0.15) is 17.0 Å². The number of nitrogens with one attached hydrogen (secondary N) is 1. The van der Waals surface area contributed by atoms with Crippen LogP contribution in [0.2, 0.25) is 10.0 Å². The first-order valence-electron chi connectivity index (χ1n) is 5.36. The number of rotatable bonds is 4. The standard InChI is InChI=1S/C12H12Cl2N2O2/c1-7-2-10(18-16-7)6-15-5-8-3-9(13)4-11(14)12(8)17/h2-4,15,17H,5-6H2,1H3. The third-order valence-corrected chi connectivity index (χ3v) is 2.90. The summed E-state index contributed by atoms with van der Waals surface area (Å²) < 4.78 is 5.05. The molecule has 0 atom stereocenters. The van der Waals surface area contributed by atoms with E-state index in [1.165, 1.54) is 6.07 Å². The predicted octanol–water partition coefficient (Wildman–Crippen LogP) is 3.29. The molecule has 1 aromatic carbocycles. The van der Waals surface area contributed by atoms with E-state index in [0.717, 1.165) is 11.5 Å². The van der Waals surface area contributed by atoms with Crippen molar-refractivity contribution < 1.29 is 9.63 Å². The molecule has 0 spiro atoms. The van der Waals surface area contributed by atoms with Crippen LogP contribution in [-0.2, 0) is 13.1 Å². The number of aromatic hydroxyl groups is 1. The smallest absolute Gasteiger partial charge is 0.150 e. The second kappa shape index (κ2) is 5.61. The Bertz CT molecular complexity index is 555. The first-order chi connectivity index (χ1) is 8.56. The summed E-state index contributed by atoms with van der Waals surface area (Å²) in [5.74, 6) is 0.780. The summed E-state index contributed by atoms with van der Waals surface area (Å²) in [5, 5.41) is 17.4. The first-order valence-corrected chi connectivity index (χ1v) is 6.11. The van der Waals surface area contributed by atoms with Crippen LogP contribution in [0.15, 0.2) is 22.7 Å². The van der Waals surface area contributed by atoms with Gasteiger partial charge in [-0.2, -0.15) is 0 Å². The number of hydrogen-bond donors (Lipinski definition) is 2. The van der Waals surface area contributed by atoms with Crippen LogP contribution >= 0.6 is 23.2 Å². The van der Waals surface area contributed by atoms with Crippen LogP contribution in [0.4, 0.5) is 0 Å². The van der Waals surface area contributed by atoms with E-state index >= 15 is 0 Å². The van der Waals surface area contributed by atoms with Crippen molar-refractivity contribution in [2.45, 2.75) is 20.0 Å². The number of aryl methyl sites for hydroxylation is 1. The quantitative estimate of drug-likeness (QED) is 0.906. The Morgan fingerprint density at radius 2 is 2.06 bits per heavy atom. The summed E-state index contributed by atoms with van der Waals surface area (Å²) in [6, 6.07) is 5.01. The number of phenolic OH excluding ortho intramolecular Hbond substituents is 1. The topological polar surface area (TPSA) is 58.3 Å². The third-order valence-electron chi connectivity index (χ3n) is 2.40. The average molecular weight is 287 g/mol. The van der Waals surface area contributed by atoms with Crippen molar-refractivity contribution in [1.29, 1.82) is 0 Å². The molecule has 0 saturated heterocycles. The Morgan fingerprint density at radius 1 is 1.28 bits per heavy atom. The molecule has 18 heavy (non-hydrogen) atoms. The molecule has 0 unspecified atom stereocenters. The lowest BCUT2D eigenvalue weighted by Crippen LogP contribution is -2.12. The van der Waals surface area contributed by atoms with Crippen LogP contribution in [-0.4, -0.2) is 10.3 Å². The van der Waals surface area contributed by atoms with Gasteiger partial charge in [-0.1, -0.05) is 28.4 Å². The molecule has 2 rings (SSSR count). The van der Waals surface area contributed by atoms with Crippen molar-refractivity contribution >= 4 is 23.2 Å². The number of nitrogens with zero attached hydrogens (tertiary/aromatic N) is 1. The SMILES string of the molecule is Cc1cc(CNCc2cc(Cl)cc(Cl)c2O)on1. The number of benzene rings is 1. The molecule has 2 N–H and O–H groups in total. The Labute approximate surface area is 114 Å². The minimum Gasteiger partial charge on any atom is -0.506 e. The van der Waals surface area contributed by atoms with E-state index in [-0.39, 0.29) is 10.8 Å². The molecule has 0 amide bonds. The maximum absolute atomic E-state index is 9.76. The van der Waals surface area contributed by atoms with Crippen LogP contribution in [0.5, 0.6) is 5.75 Å². The fourth-order valence-electron chi connectivity index (χ4n) is 1.57. The summed E-state index contributed by atoms with van der Waals surface area (Å²) in [7, 11) is 0. The molecule has 1 aromatic heterocycles. The number of phenols is 1. The Morgan fingerprint density at radius 3 is 2.72 bits per heavy atom. The second-order valence-electron chi connectivity index (χ2n) is 3.93. The highest BCUT2D eigenvalue weighted by Crippen LogP contribution is 2.30. The normalized spacial score (nSPS) is 10.8. The van der Waals surface area contributed by atoms with Gasteiger partial charge in [-0.15, -0.1) is 0 Å². The first kappa shape index (κ1) is 13.2. The van der Waals surface area contributed by atoms with Gasteiger partial charge in [0.2, 0.25) is 0 Å². The van der Waals surface area contributed by atoms with Crippen molar-refractivity contribution in [2.75, 3.05) is 0 Å². The van der Waals surface area contributed by atoms with Gasteiger partial charge in [0.1, 0.15) is 5.75 Å². The molecule has 0 saturated carbocycles. The van der Waals surface area contributed by atoms with E-state index in [4.69, 9.17) is 27.7 Å². The summed E-state index contributed by atoms with van der Waals surface area (Å²) in [4.78, 5) is 0. The minimum absolute atomic E-state index is 0.0438. The molecule has 0 bridgehead atoms. The van der Waals surface area contributed by atoms with Crippen molar-refractivity contribution in [2.24, 2.45) is 0 Å². The van der Waals surface area contributed by atoms with Gasteiger partial charge in [0.25, 0.3) is 0 Å². The van der Waals surface area contributed by atoms with Gasteiger partial charge in [0, 0.05) is 23.2 Å². The summed E-state index contributed by atoms with van der Waals surface area (Å²) in [6.45, 7) is 2.81. The fourth-order valence-corrected chi connectivity index (χ4v) is 2.11. The van der Waals surface area contributed by atoms with Crippen LogP contribution in [0, 0.1) is 6.92 Å². The lowest BCUT2D eigenvalue weighted by atomic mass is 10.2. The zero-order chi connectivity index (χ0) is 13.1. The van der Waals surface area contributed by atoms with Gasteiger partial charge in [-0.05, 0) is 19.1 Å². The monoisotopic (exact) mass is 286 g/mol. The lowest BCUT2D eigenvalue weighted by Gasteiger charge is -2.07. The predicted molar refractivity (Wildman–Crippen MR) is 69.9 cm³/mol. The minimum atomic E-state index is 0.0438. The highest BCUT2D eigenvalue weighted by Gasteiger charge is 2.08. The van der Waals surface area contributed by atoms with Gasteiger partial charge in [-0.3, -0.25) is 0 Å². The number of aromatic nitrogens is 1. The summed E-state index contributed by atoms with van der Waals surface area (Å²) >= 11 is 11.7. The molecule has 0 aliphatic heterocycles. The molecule has 2 aromatic rings. The van der Waals surface area contributed by atoms with E-state index in [0.29, 0.717) is 23.7 Å². The molecule has 4 nitrogen and oxygen atoms in total. The van der Waals surface area contributed by atoms with Gasteiger partial charge >= 0.3 is 0 Å². The largest absolute Gasteiger partial charge is 0.506 e. The van der Waals surface area contributed by atoms with Gasteiger partial charge in [0.05, 0.1) is 17.3 Å². The molecule has 0 fully saturated rings. The maximum atomic E-state index is 9.76. The van der Waals surface area contributed by atoms with E-state index in [2.05, 4.69) is 10.5 Å². The number of hydrogen-bond acceptors (Lipinski definition) is 4. The molecule has 0 aliphatic rings. The lowest BCUT2D eigenvalue weighted by molar-refractivity contribution is 0.368. The summed E-state index contributed by atoms with van der Waals surface area (Å²) in [6.07, 6.45) is 0. The van der Waals surface area contributed by atoms with Crippen LogP contribution in [0.3, 0.4) is 0 Å². The molecule has 96 valence electrons. The molecular weight excluding hydrogens is 275 g/mol. The maximum Gasteiger partial charge on any atom is 0.150 e. The zero-order valence-corrected chi connectivity index (χ0v) is 11.2. The van der Waals surface area contributed by atoms with Crippen molar-refractivity contribution in [3.63, 3.8) is 0 Å². The van der Waals surface area contributed by atoms with E-state index in [1.807, 2.05) is 13.0 Å². The fraction of sp³-hybridized carbons (Fsp3) is 0.250. The van der Waals surface area contributed by atoms with Gasteiger partial charge < -0.3 is 14.9 Å². The zero-order valence-electron chi connectivity index (χ0n) is 9.70. The van der Waals surface area contributed by atoms with Crippen LogP contribution in [0.25, 0.3) is 0 Å². The number of halogens is 2. The molecule has 0 aliphatic carbocycles. The van der Waals surface area contributed by atoms with E-state index in [9.17, 15) is 5.11 Å². The van der Waals surface area contributed by atoms with Crippen LogP contribution < -0.4 is 5.32 Å². The molecule has 6 heteroatoms. The third kappa shape index (κ3) is 3.16. The van der Waals surface area contributed by atoms with Crippen molar-refractivity contribution in [3.8, 4) is 5.75 Å². The molecule has 1 heterocycles. The molecule has 0 radical (unpaired) electrons. The highest BCUT2D eigenvalue weighted by atomic mass is 35.5. The van der Waals surface area contributed by atoms with Gasteiger partial charge in [-0.25, -0.2) is 0 Å². The van der Waals surface area contributed by atoms with Gasteiger partial charge in [0.15, 0.2) is 5.76 Å². The van der Waals surface area contributed by atoms with E-state index < -0.39 is 0 Å². The Kier molecular flexibility index (Phi) is 4.11. The average Bonchev–Trinajstić information content (AvgIpc) is 2.71. The molecular formula is C12H12Cl2N2O2.